The number of aliphatic imine (C=N–C) groups is 1. The third-order valence-electron chi connectivity index (χ3n) is 9.43. The Balaban J connectivity index is 1.46. The predicted octanol–water partition coefficient (Wildman–Crippen LogP) is 10.5. The fourth-order valence-electron chi connectivity index (χ4n) is 6.93. The fraction of sp³-hybridized carbons (Fsp3) is 0.133. The third kappa shape index (κ3) is 6.29. The Kier molecular flexibility index (Phi) is 9.77. The highest BCUT2D eigenvalue weighted by atomic mass is 16.5. The predicted molar refractivity (Wildman–Crippen MR) is 212 cm³/mol. The second-order valence-corrected chi connectivity index (χ2v) is 12.2. The fourth-order valence-corrected chi connectivity index (χ4v) is 6.93. The van der Waals surface area contributed by atoms with Crippen LogP contribution in [0.5, 0.6) is 40.2 Å². The number of aromatic hydroxyl groups is 1. The molecule has 7 aromatic rings. The molecule has 0 aliphatic heterocycles. The Morgan fingerprint density at radius 3 is 1.36 bits per heavy atom. The molecule has 0 radical (unpaired) electrons. The van der Waals surface area contributed by atoms with Gasteiger partial charge in [0.2, 0.25) is 11.5 Å². The number of nitrogens with zero attached hydrogens (tertiary/aromatic N) is 1. The maximum atomic E-state index is 12.0. The van der Waals surface area contributed by atoms with Crippen LogP contribution in [0.2, 0.25) is 0 Å². The summed E-state index contributed by atoms with van der Waals surface area (Å²) in [5.41, 5.74) is 5.96. The lowest BCUT2D eigenvalue weighted by atomic mass is 9.91. The van der Waals surface area contributed by atoms with Gasteiger partial charge >= 0.3 is 0 Å². The van der Waals surface area contributed by atoms with Gasteiger partial charge in [0.1, 0.15) is 5.75 Å². The molecule has 0 aliphatic rings. The van der Waals surface area contributed by atoms with Crippen molar-refractivity contribution >= 4 is 33.4 Å². The minimum Gasteiger partial charge on any atom is -0.507 e. The lowest BCUT2D eigenvalue weighted by Gasteiger charge is -2.18. The first-order valence-corrected chi connectivity index (χ1v) is 16.9. The van der Waals surface area contributed by atoms with Crippen molar-refractivity contribution in [2.24, 2.45) is 4.99 Å². The number of para-hydroxylation sites is 2. The topological polar surface area (TPSA) is 88.0 Å². The van der Waals surface area contributed by atoms with Crippen LogP contribution in [-0.4, -0.2) is 54.0 Å². The maximum Gasteiger partial charge on any atom is 0.203 e. The summed E-state index contributed by atoms with van der Waals surface area (Å²) >= 11 is 0. The van der Waals surface area contributed by atoms with Gasteiger partial charge in [0.05, 0.1) is 48.3 Å². The van der Waals surface area contributed by atoms with E-state index in [2.05, 4.69) is 30.3 Å². The van der Waals surface area contributed by atoms with Crippen LogP contribution >= 0.6 is 0 Å². The van der Waals surface area contributed by atoms with Gasteiger partial charge in [-0.2, -0.15) is 0 Å². The van der Waals surface area contributed by atoms with Gasteiger partial charge in [-0.15, -0.1) is 0 Å². The Bertz CT molecular complexity index is 2320. The first-order chi connectivity index (χ1) is 25.9. The van der Waals surface area contributed by atoms with Crippen LogP contribution in [0.1, 0.15) is 5.56 Å². The maximum absolute atomic E-state index is 12.0. The normalized spacial score (nSPS) is 11.2. The van der Waals surface area contributed by atoms with Gasteiger partial charge in [-0.05, 0) is 69.1 Å². The number of benzene rings is 7. The van der Waals surface area contributed by atoms with Crippen LogP contribution in [-0.2, 0) is 0 Å². The van der Waals surface area contributed by atoms with Crippen molar-refractivity contribution in [2.75, 3.05) is 42.7 Å². The largest absolute Gasteiger partial charge is 0.507 e. The van der Waals surface area contributed by atoms with Gasteiger partial charge in [-0.25, -0.2) is 0 Å². The second kappa shape index (κ2) is 14.9. The minimum absolute atomic E-state index is 0.123. The summed E-state index contributed by atoms with van der Waals surface area (Å²) in [6.07, 6.45) is 1.70. The second-order valence-electron chi connectivity index (χ2n) is 12.2. The monoisotopic (exact) mass is 705 g/mol. The van der Waals surface area contributed by atoms with E-state index in [4.69, 9.17) is 33.4 Å². The SMILES string of the molecule is COc1cc(-c2cccc(-c3cc(OC)c(OC)c(OC)c3)c2N=Cc2cccc(-c3c4ccccc4cc4ccccc34)c2O)cc(OC)c1OC. The molecular formula is C45H39NO7. The van der Waals surface area contributed by atoms with E-state index < -0.39 is 0 Å². The molecule has 266 valence electrons. The first-order valence-electron chi connectivity index (χ1n) is 16.9. The van der Waals surface area contributed by atoms with Crippen LogP contribution in [0, 0.1) is 0 Å². The molecule has 8 heteroatoms. The van der Waals surface area contributed by atoms with Crippen LogP contribution in [0.15, 0.2) is 120 Å². The number of fused-ring (bicyclic) bond motifs is 2. The minimum atomic E-state index is 0.123. The summed E-state index contributed by atoms with van der Waals surface area (Å²) in [6.45, 7) is 0. The standard InChI is InChI=1S/C45H39NO7/c1-48-37-22-30(23-38(49-2)44(37)52-5)34-18-12-19-35(31-24-39(50-3)45(53-6)40(25-31)51-4)42(34)46-26-29-15-11-20-36(43(29)47)41-32-16-9-7-13-27(32)21-28-14-8-10-17-33(28)41/h7-26,47H,1-6H3. The summed E-state index contributed by atoms with van der Waals surface area (Å²) in [5.74, 6) is 3.09. The van der Waals surface area contributed by atoms with E-state index in [0.29, 0.717) is 51.3 Å². The van der Waals surface area contributed by atoms with Crippen LogP contribution < -0.4 is 28.4 Å². The Labute approximate surface area is 308 Å². The molecule has 0 saturated carbocycles. The summed E-state index contributed by atoms with van der Waals surface area (Å²) in [6, 6.07) is 37.9. The molecule has 0 aromatic heterocycles. The van der Waals surface area contributed by atoms with Gasteiger partial charge in [-0.3, -0.25) is 4.99 Å². The van der Waals surface area contributed by atoms with Crippen molar-refractivity contribution in [3.8, 4) is 73.6 Å². The average molecular weight is 706 g/mol. The van der Waals surface area contributed by atoms with Gasteiger partial charge < -0.3 is 33.5 Å². The number of methoxy groups -OCH3 is 6. The molecule has 0 atom stereocenters. The van der Waals surface area contributed by atoms with Crippen LogP contribution in [0.4, 0.5) is 5.69 Å². The number of phenols is 1. The van der Waals surface area contributed by atoms with E-state index >= 15 is 0 Å². The number of rotatable bonds is 11. The summed E-state index contributed by atoms with van der Waals surface area (Å²) < 4.78 is 34.1. The van der Waals surface area contributed by atoms with E-state index in [0.717, 1.165) is 49.4 Å². The molecule has 0 unspecified atom stereocenters. The van der Waals surface area contributed by atoms with Gasteiger partial charge in [-0.1, -0.05) is 78.9 Å². The molecule has 0 bridgehead atoms. The lowest BCUT2D eigenvalue weighted by Crippen LogP contribution is -1.97. The van der Waals surface area contributed by atoms with Crippen molar-refractivity contribution < 1.29 is 33.5 Å². The molecule has 1 N–H and O–H groups in total. The zero-order chi connectivity index (χ0) is 37.1. The molecule has 0 heterocycles. The third-order valence-corrected chi connectivity index (χ3v) is 9.43. The highest BCUT2D eigenvalue weighted by Crippen LogP contribution is 2.48. The van der Waals surface area contributed by atoms with E-state index in [1.54, 1.807) is 48.9 Å². The quantitative estimate of drug-likeness (QED) is 0.106. The Morgan fingerprint density at radius 1 is 0.472 bits per heavy atom. The van der Waals surface area contributed by atoms with Crippen molar-refractivity contribution in [3.63, 3.8) is 0 Å². The van der Waals surface area contributed by atoms with E-state index in [1.807, 2.05) is 84.9 Å². The Hall–Kier alpha value is -6.67. The first kappa shape index (κ1) is 34.8. The van der Waals surface area contributed by atoms with Gasteiger partial charge in [0.25, 0.3) is 0 Å². The highest BCUT2D eigenvalue weighted by Gasteiger charge is 2.21. The van der Waals surface area contributed by atoms with Crippen LogP contribution in [0.25, 0.3) is 54.9 Å². The highest BCUT2D eigenvalue weighted by molar-refractivity contribution is 6.14. The summed E-state index contributed by atoms with van der Waals surface area (Å²) in [5, 5.41) is 16.3. The van der Waals surface area contributed by atoms with Crippen molar-refractivity contribution in [1.82, 2.24) is 0 Å². The smallest absolute Gasteiger partial charge is 0.203 e. The summed E-state index contributed by atoms with van der Waals surface area (Å²) in [4.78, 5) is 5.15. The van der Waals surface area contributed by atoms with E-state index in [1.165, 1.54) is 0 Å². The Morgan fingerprint density at radius 2 is 0.906 bits per heavy atom. The van der Waals surface area contributed by atoms with Crippen molar-refractivity contribution in [2.45, 2.75) is 0 Å². The van der Waals surface area contributed by atoms with Gasteiger partial charge in [0.15, 0.2) is 23.0 Å². The molecule has 0 aliphatic carbocycles. The lowest BCUT2D eigenvalue weighted by molar-refractivity contribution is 0.324. The summed E-state index contributed by atoms with van der Waals surface area (Å²) in [7, 11) is 9.48. The molecule has 7 rings (SSSR count). The van der Waals surface area contributed by atoms with Crippen molar-refractivity contribution in [3.05, 3.63) is 121 Å². The van der Waals surface area contributed by atoms with Crippen molar-refractivity contribution in [1.29, 1.82) is 0 Å². The van der Waals surface area contributed by atoms with Crippen LogP contribution in [0.3, 0.4) is 0 Å². The molecule has 7 aromatic carbocycles. The van der Waals surface area contributed by atoms with Gasteiger partial charge in [0, 0.05) is 34.0 Å². The molecule has 0 spiro atoms. The number of ether oxygens (including phenoxy) is 6. The van der Waals surface area contributed by atoms with E-state index in [-0.39, 0.29) is 5.75 Å². The number of phenolic OH excluding ortho intramolecular Hbond substituents is 1. The number of hydrogen-bond donors (Lipinski definition) is 1. The molecular weight excluding hydrogens is 666 g/mol. The molecule has 0 saturated heterocycles. The van der Waals surface area contributed by atoms with E-state index in [9.17, 15) is 5.11 Å². The molecule has 0 fully saturated rings. The average Bonchev–Trinajstić information content (AvgIpc) is 3.21. The number of hydrogen-bond acceptors (Lipinski definition) is 8. The molecule has 53 heavy (non-hydrogen) atoms. The zero-order valence-corrected chi connectivity index (χ0v) is 30.4. The molecule has 8 nitrogen and oxygen atoms in total. The molecule has 0 amide bonds. The zero-order valence-electron chi connectivity index (χ0n) is 30.4.